The Labute approximate surface area is 123 Å². The van der Waals surface area contributed by atoms with Crippen LogP contribution in [0.4, 0.5) is 4.39 Å². The Kier molecular flexibility index (Phi) is 6.53. The maximum absolute atomic E-state index is 13.1. The molecule has 0 spiro atoms. The van der Waals surface area contributed by atoms with E-state index >= 15 is 0 Å². The Hall–Kier alpha value is -1.05. The second kappa shape index (κ2) is 8.41. The number of halogens is 1. The molecule has 0 bridgehead atoms. The van der Waals surface area contributed by atoms with Crippen molar-refractivity contribution >= 4 is 0 Å². The molecule has 118 valence electrons. The van der Waals surface area contributed by atoms with Gasteiger partial charge in [0.15, 0.2) is 6.29 Å². The van der Waals surface area contributed by atoms with Crippen molar-refractivity contribution < 1.29 is 24.1 Å². The number of rotatable bonds is 8. The highest BCUT2D eigenvalue weighted by atomic mass is 19.1. The highest BCUT2D eigenvalue weighted by molar-refractivity contribution is 5.18. The second-order valence-corrected chi connectivity index (χ2v) is 5.05. The van der Waals surface area contributed by atoms with Crippen molar-refractivity contribution in [3.8, 4) is 0 Å². The zero-order valence-corrected chi connectivity index (χ0v) is 11.9. The third-order valence-electron chi connectivity index (χ3n) is 3.47. The molecule has 2 rings (SSSR count). The Morgan fingerprint density at radius 2 is 2.05 bits per heavy atom. The SMILES string of the molecule is OCCN(CCC(O)c1cccc(F)c1)CC1OCCO1. The molecule has 1 saturated heterocycles. The van der Waals surface area contributed by atoms with Crippen LogP contribution in [0.5, 0.6) is 0 Å². The molecule has 1 aliphatic heterocycles. The fourth-order valence-corrected chi connectivity index (χ4v) is 2.34. The molecular formula is C15H22FNO4. The second-order valence-electron chi connectivity index (χ2n) is 5.05. The van der Waals surface area contributed by atoms with Gasteiger partial charge < -0.3 is 19.7 Å². The monoisotopic (exact) mass is 299 g/mol. The molecule has 1 unspecified atom stereocenters. The largest absolute Gasteiger partial charge is 0.395 e. The van der Waals surface area contributed by atoms with Crippen molar-refractivity contribution in [2.45, 2.75) is 18.8 Å². The number of nitrogens with zero attached hydrogens (tertiary/aromatic N) is 1. The minimum Gasteiger partial charge on any atom is -0.395 e. The van der Waals surface area contributed by atoms with Gasteiger partial charge in [0, 0.05) is 19.6 Å². The predicted molar refractivity (Wildman–Crippen MR) is 75.2 cm³/mol. The van der Waals surface area contributed by atoms with E-state index in [-0.39, 0.29) is 18.7 Å². The average molecular weight is 299 g/mol. The molecule has 1 aromatic rings. The van der Waals surface area contributed by atoms with Crippen LogP contribution < -0.4 is 0 Å². The summed E-state index contributed by atoms with van der Waals surface area (Å²) in [6.07, 6.45) is -0.550. The fourth-order valence-electron chi connectivity index (χ4n) is 2.34. The molecule has 0 radical (unpaired) electrons. The maximum atomic E-state index is 13.1. The quantitative estimate of drug-likeness (QED) is 0.747. The Balaban J connectivity index is 1.82. The van der Waals surface area contributed by atoms with Gasteiger partial charge in [0.25, 0.3) is 0 Å². The molecule has 5 nitrogen and oxygen atoms in total. The third kappa shape index (κ3) is 5.33. The van der Waals surface area contributed by atoms with Crippen LogP contribution >= 0.6 is 0 Å². The lowest BCUT2D eigenvalue weighted by Gasteiger charge is -2.25. The van der Waals surface area contributed by atoms with Crippen LogP contribution in [0, 0.1) is 5.82 Å². The van der Waals surface area contributed by atoms with Gasteiger partial charge in [-0.1, -0.05) is 12.1 Å². The van der Waals surface area contributed by atoms with Crippen molar-refractivity contribution in [2.75, 3.05) is 39.5 Å². The number of hydrogen-bond acceptors (Lipinski definition) is 5. The van der Waals surface area contributed by atoms with Crippen LogP contribution in [0.2, 0.25) is 0 Å². The first-order valence-corrected chi connectivity index (χ1v) is 7.19. The van der Waals surface area contributed by atoms with E-state index in [1.807, 2.05) is 4.90 Å². The summed E-state index contributed by atoms with van der Waals surface area (Å²) in [7, 11) is 0. The van der Waals surface area contributed by atoms with Crippen molar-refractivity contribution in [3.63, 3.8) is 0 Å². The van der Waals surface area contributed by atoms with Gasteiger partial charge >= 0.3 is 0 Å². The maximum Gasteiger partial charge on any atom is 0.170 e. The summed E-state index contributed by atoms with van der Waals surface area (Å²) in [5, 5.41) is 19.2. The highest BCUT2D eigenvalue weighted by Crippen LogP contribution is 2.18. The van der Waals surface area contributed by atoms with E-state index in [4.69, 9.17) is 14.6 Å². The highest BCUT2D eigenvalue weighted by Gasteiger charge is 2.20. The van der Waals surface area contributed by atoms with E-state index in [1.165, 1.54) is 12.1 Å². The van der Waals surface area contributed by atoms with Crippen LogP contribution in [-0.2, 0) is 9.47 Å². The van der Waals surface area contributed by atoms with E-state index in [0.29, 0.717) is 44.8 Å². The summed E-state index contributed by atoms with van der Waals surface area (Å²) < 4.78 is 23.9. The van der Waals surface area contributed by atoms with Crippen molar-refractivity contribution in [1.29, 1.82) is 0 Å². The predicted octanol–water partition coefficient (Wildman–Crippen LogP) is 0.916. The summed E-state index contributed by atoms with van der Waals surface area (Å²) >= 11 is 0. The lowest BCUT2D eigenvalue weighted by atomic mass is 10.1. The number of aliphatic hydroxyl groups excluding tert-OH is 2. The Morgan fingerprint density at radius 1 is 1.29 bits per heavy atom. The van der Waals surface area contributed by atoms with Gasteiger partial charge in [0.1, 0.15) is 5.82 Å². The Morgan fingerprint density at radius 3 is 2.71 bits per heavy atom. The van der Waals surface area contributed by atoms with Gasteiger partial charge in [-0.05, 0) is 24.1 Å². The summed E-state index contributed by atoms with van der Waals surface area (Å²) in [4.78, 5) is 1.97. The topological polar surface area (TPSA) is 62.2 Å². The van der Waals surface area contributed by atoms with Crippen LogP contribution in [0.3, 0.4) is 0 Å². The van der Waals surface area contributed by atoms with Gasteiger partial charge in [0.2, 0.25) is 0 Å². The minimum absolute atomic E-state index is 0.0305. The van der Waals surface area contributed by atoms with E-state index < -0.39 is 6.10 Å². The van der Waals surface area contributed by atoms with Crippen LogP contribution in [0.25, 0.3) is 0 Å². The first-order chi connectivity index (χ1) is 10.2. The van der Waals surface area contributed by atoms with Gasteiger partial charge in [-0.15, -0.1) is 0 Å². The summed E-state index contributed by atoms with van der Waals surface area (Å²) in [5.41, 5.74) is 0.562. The molecular weight excluding hydrogens is 277 g/mol. The van der Waals surface area contributed by atoms with Gasteiger partial charge in [-0.2, -0.15) is 0 Å². The molecule has 0 aromatic heterocycles. The molecule has 0 amide bonds. The van der Waals surface area contributed by atoms with Gasteiger partial charge in [-0.3, -0.25) is 4.90 Å². The van der Waals surface area contributed by atoms with Crippen molar-refractivity contribution in [2.24, 2.45) is 0 Å². The number of hydrogen-bond donors (Lipinski definition) is 2. The Bertz CT molecular complexity index is 426. The summed E-state index contributed by atoms with van der Waals surface area (Å²) in [6, 6.07) is 5.97. The molecule has 0 aliphatic carbocycles. The van der Waals surface area contributed by atoms with Crippen LogP contribution in [0.15, 0.2) is 24.3 Å². The molecule has 2 N–H and O–H groups in total. The molecule has 0 saturated carbocycles. The molecule has 21 heavy (non-hydrogen) atoms. The summed E-state index contributed by atoms with van der Waals surface area (Å²) in [6.45, 7) is 2.81. The fraction of sp³-hybridized carbons (Fsp3) is 0.600. The minimum atomic E-state index is -0.729. The van der Waals surface area contributed by atoms with E-state index in [0.717, 1.165) is 0 Å². The third-order valence-corrected chi connectivity index (χ3v) is 3.47. The number of aliphatic hydroxyl groups is 2. The average Bonchev–Trinajstić information content (AvgIpc) is 2.97. The number of ether oxygens (including phenoxy) is 2. The van der Waals surface area contributed by atoms with Gasteiger partial charge in [0.05, 0.1) is 25.9 Å². The van der Waals surface area contributed by atoms with Crippen LogP contribution in [0.1, 0.15) is 18.1 Å². The van der Waals surface area contributed by atoms with E-state index in [2.05, 4.69) is 0 Å². The lowest BCUT2D eigenvalue weighted by molar-refractivity contribution is -0.0647. The zero-order chi connectivity index (χ0) is 15.1. The van der Waals surface area contributed by atoms with E-state index in [1.54, 1.807) is 12.1 Å². The van der Waals surface area contributed by atoms with Crippen LogP contribution in [-0.4, -0.2) is 60.9 Å². The molecule has 1 aromatic carbocycles. The first-order valence-electron chi connectivity index (χ1n) is 7.19. The molecule has 1 atom stereocenters. The van der Waals surface area contributed by atoms with Crippen molar-refractivity contribution in [1.82, 2.24) is 4.90 Å². The summed E-state index contributed by atoms with van der Waals surface area (Å²) in [5.74, 6) is -0.355. The normalized spacial score (nSPS) is 17.5. The standard InChI is InChI=1S/C15H22FNO4/c16-13-3-1-2-12(10-13)14(19)4-5-17(6-7-18)11-15-20-8-9-21-15/h1-3,10,14-15,18-19H,4-9,11H2. The zero-order valence-electron chi connectivity index (χ0n) is 11.9. The molecule has 1 fully saturated rings. The molecule has 1 heterocycles. The number of benzene rings is 1. The first kappa shape index (κ1) is 16.3. The van der Waals surface area contributed by atoms with E-state index in [9.17, 15) is 9.50 Å². The smallest absolute Gasteiger partial charge is 0.170 e. The molecule has 6 heteroatoms. The lowest BCUT2D eigenvalue weighted by Crippen LogP contribution is -2.36. The van der Waals surface area contributed by atoms with Gasteiger partial charge in [-0.25, -0.2) is 4.39 Å². The van der Waals surface area contributed by atoms with Crippen molar-refractivity contribution in [3.05, 3.63) is 35.6 Å². The molecule has 1 aliphatic rings.